The first-order valence-corrected chi connectivity index (χ1v) is 8.38. The Hall–Kier alpha value is -2.89. The second kappa shape index (κ2) is 7.15. The number of esters is 1. The number of benzene rings is 2. The number of rotatable bonds is 4. The van der Waals surface area contributed by atoms with E-state index in [4.69, 9.17) is 9.47 Å². The third-order valence-electron chi connectivity index (χ3n) is 4.35. The summed E-state index contributed by atoms with van der Waals surface area (Å²) in [6.07, 6.45) is -1.63. The summed E-state index contributed by atoms with van der Waals surface area (Å²) in [4.78, 5) is 24.6. The van der Waals surface area contributed by atoms with Gasteiger partial charge < -0.3 is 14.8 Å². The molecule has 2 atom stereocenters. The van der Waals surface area contributed by atoms with Crippen LogP contribution < -0.4 is 10.1 Å². The topological polar surface area (TPSA) is 64.6 Å². The van der Waals surface area contributed by atoms with Crippen LogP contribution in [0.2, 0.25) is 0 Å². The minimum absolute atomic E-state index is 0.219. The van der Waals surface area contributed by atoms with Crippen LogP contribution in [0.15, 0.2) is 36.4 Å². The van der Waals surface area contributed by atoms with Crippen LogP contribution in [0.1, 0.15) is 23.6 Å². The number of halogens is 1. The van der Waals surface area contributed by atoms with E-state index in [0.29, 0.717) is 17.0 Å². The Morgan fingerprint density at radius 1 is 1.23 bits per heavy atom. The summed E-state index contributed by atoms with van der Waals surface area (Å²) in [7, 11) is 0. The number of amides is 1. The highest BCUT2D eigenvalue weighted by Crippen LogP contribution is 2.30. The SMILES string of the molecule is Cc1cccc(C)c1NC(=O)[C@@H](C)OC(=O)[C@H]1Cc2cc(F)ccc2O1. The van der Waals surface area contributed by atoms with Gasteiger partial charge in [-0.2, -0.15) is 0 Å². The first kappa shape index (κ1) is 17.9. The van der Waals surface area contributed by atoms with Crippen molar-refractivity contribution in [2.45, 2.75) is 39.4 Å². The smallest absolute Gasteiger partial charge is 0.348 e. The molecule has 5 nitrogen and oxygen atoms in total. The Balaban J connectivity index is 1.60. The van der Waals surface area contributed by atoms with E-state index < -0.39 is 24.1 Å². The molecule has 1 aliphatic heterocycles. The van der Waals surface area contributed by atoms with Crippen molar-refractivity contribution in [3.05, 3.63) is 58.9 Å². The Labute approximate surface area is 151 Å². The zero-order valence-corrected chi connectivity index (χ0v) is 14.8. The molecule has 1 N–H and O–H groups in total. The number of aryl methyl sites for hydroxylation is 2. The third-order valence-corrected chi connectivity index (χ3v) is 4.35. The van der Waals surface area contributed by atoms with Crippen molar-refractivity contribution >= 4 is 17.6 Å². The molecule has 0 saturated carbocycles. The van der Waals surface area contributed by atoms with Gasteiger partial charge in [0.1, 0.15) is 11.6 Å². The average Bonchev–Trinajstić information content (AvgIpc) is 3.01. The second-order valence-electron chi connectivity index (χ2n) is 6.40. The molecule has 136 valence electrons. The lowest BCUT2D eigenvalue weighted by molar-refractivity contribution is -0.159. The first-order chi connectivity index (χ1) is 12.3. The molecule has 0 radical (unpaired) electrons. The quantitative estimate of drug-likeness (QED) is 0.853. The standard InChI is InChI=1S/C20H20FNO4/c1-11-5-4-6-12(2)18(11)22-19(23)13(3)25-20(24)17-10-14-9-15(21)7-8-16(14)26-17/h4-9,13,17H,10H2,1-3H3,(H,22,23)/t13-,17-/m1/s1. The minimum atomic E-state index is -0.981. The molecular formula is C20H20FNO4. The normalized spacial score (nSPS) is 16.4. The number of hydrogen-bond donors (Lipinski definition) is 1. The van der Waals surface area contributed by atoms with Crippen molar-refractivity contribution in [2.75, 3.05) is 5.32 Å². The Morgan fingerprint density at radius 3 is 2.62 bits per heavy atom. The van der Waals surface area contributed by atoms with Crippen molar-refractivity contribution in [2.24, 2.45) is 0 Å². The number of para-hydroxylation sites is 1. The predicted molar refractivity (Wildman–Crippen MR) is 94.6 cm³/mol. The summed E-state index contributed by atoms with van der Waals surface area (Å²) >= 11 is 0. The predicted octanol–water partition coefficient (Wildman–Crippen LogP) is 3.32. The number of hydrogen-bond acceptors (Lipinski definition) is 4. The van der Waals surface area contributed by atoms with Gasteiger partial charge in [-0.05, 0) is 50.1 Å². The molecule has 0 unspecified atom stereocenters. The molecular weight excluding hydrogens is 337 g/mol. The number of nitrogens with one attached hydrogen (secondary N) is 1. The Bertz CT molecular complexity index is 845. The van der Waals surface area contributed by atoms with Gasteiger partial charge in [0, 0.05) is 17.7 Å². The molecule has 2 aromatic rings. The van der Waals surface area contributed by atoms with E-state index in [9.17, 15) is 14.0 Å². The van der Waals surface area contributed by atoms with Crippen LogP contribution in [0.5, 0.6) is 5.75 Å². The lowest BCUT2D eigenvalue weighted by atomic mass is 10.1. The number of carbonyl (C=O) groups is 2. The maximum absolute atomic E-state index is 13.3. The fourth-order valence-electron chi connectivity index (χ4n) is 2.89. The molecule has 26 heavy (non-hydrogen) atoms. The van der Waals surface area contributed by atoms with E-state index >= 15 is 0 Å². The van der Waals surface area contributed by atoms with E-state index in [-0.39, 0.29) is 12.2 Å². The molecule has 0 aromatic heterocycles. The van der Waals surface area contributed by atoms with Crippen LogP contribution in [0.4, 0.5) is 10.1 Å². The highest BCUT2D eigenvalue weighted by molar-refractivity contribution is 5.96. The number of fused-ring (bicyclic) bond motifs is 1. The Kier molecular flexibility index (Phi) is 4.93. The molecule has 0 bridgehead atoms. The number of carbonyl (C=O) groups excluding carboxylic acids is 2. The largest absolute Gasteiger partial charge is 0.478 e. The highest BCUT2D eigenvalue weighted by Gasteiger charge is 2.32. The van der Waals surface area contributed by atoms with Crippen LogP contribution in [0.25, 0.3) is 0 Å². The van der Waals surface area contributed by atoms with Gasteiger partial charge in [0.05, 0.1) is 0 Å². The number of anilines is 1. The maximum atomic E-state index is 13.3. The van der Waals surface area contributed by atoms with E-state index in [1.165, 1.54) is 25.1 Å². The molecule has 0 aliphatic carbocycles. The van der Waals surface area contributed by atoms with Gasteiger partial charge in [0.2, 0.25) is 0 Å². The van der Waals surface area contributed by atoms with Crippen molar-refractivity contribution < 1.29 is 23.5 Å². The summed E-state index contributed by atoms with van der Waals surface area (Å²) in [6, 6.07) is 9.77. The van der Waals surface area contributed by atoms with Crippen LogP contribution in [0, 0.1) is 19.7 Å². The van der Waals surface area contributed by atoms with Gasteiger partial charge in [-0.15, -0.1) is 0 Å². The number of ether oxygens (including phenoxy) is 2. The zero-order valence-electron chi connectivity index (χ0n) is 14.8. The fraction of sp³-hybridized carbons (Fsp3) is 0.300. The fourth-order valence-corrected chi connectivity index (χ4v) is 2.89. The third kappa shape index (κ3) is 3.69. The van der Waals surface area contributed by atoms with E-state index in [1.807, 2.05) is 32.0 Å². The summed E-state index contributed by atoms with van der Waals surface area (Å²) in [5.74, 6) is -0.994. The van der Waals surface area contributed by atoms with E-state index in [1.54, 1.807) is 0 Å². The van der Waals surface area contributed by atoms with Crippen molar-refractivity contribution in [3.8, 4) is 5.75 Å². The van der Waals surface area contributed by atoms with Crippen LogP contribution in [0.3, 0.4) is 0 Å². The lowest BCUT2D eigenvalue weighted by Gasteiger charge is -2.18. The van der Waals surface area contributed by atoms with E-state index in [0.717, 1.165) is 11.1 Å². The summed E-state index contributed by atoms with van der Waals surface area (Å²) in [6.45, 7) is 5.28. The molecule has 6 heteroatoms. The van der Waals surface area contributed by atoms with Crippen LogP contribution in [-0.4, -0.2) is 24.1 Å². The second-order valence-corrected chi connectivity index (χ2v) is 6.40. The van der Waals surface area contributed by atoms with E-state index in [2.05, 4.69) is 5.32 Å². The Morgan fingerprint density at radius 2 is 1.92 bits per heavy atom. The average molecular weight is 357 g/mol. The highest BCUT2D eigenvalue weighted by atomic mass is 19.1. The summed E-state index contributed by atoms with van der Waals surface area (Å²) in [5, 5.41) is 2.79. The van der Waals surface area contributed by atoms with Crippen molar-refractivity contribution in [1.29, 1.82) is 0 Å². The molecule has 1 heterocycles. The molecule has 2 aromatic carbocycles. The molecule has 0 spiro atoms. The molecule has 3 rings (SSSR count). The van der Waals surface area contributed by atoms with Crippen molar-refractivity contribution in [1.82, 2.24) is 0 Å². The lowest BCUT2D eigenvalue weighted by Crippen LogP contribution is -2.36. The summed E-state index contributed by atoms with van der Waals surface area (Å²) < 4.78 is 24.0. The van der Waals surface area contributed by atoms with Gasteiger partial charge in [-0.1, -0.05) is 18.2 Å². The maximum Gasteiger partial charge on any atom is 0.348 e. The van der Waals surface area contributed by atoms with Crippen LogP contribution in [-0.2, 0) is 20.7 Å². The van der Waals surface area contributed by atoms with Gasteiger partial charge in [0.15, 0.2) is 12.2 Å². The van der Waals surface area contributed by atoms with Gasteiger partial charge >= 0.3 is 5.97 Å². The molecule has 1 aliphatic rings. The molecule has 1 amide bonds. The first-order valence-electron chi connectivity index (χ1n) is 8.38. The van der Waals surface area contributed by atoms with Crippen molar-refractivity contribution in [3.63, 3.8) is 0 Å². The minimum Gasteiger partial charge on any atom is -0.478 e. The van der Waals surface area contributed by atoms with Gasteiger partial charge in [0.25, 0.3) is 5.91 Å². The monoisotopic (exact) mass is 357 g/mol. The van der Waals surface area contributed by atoms with Gasteiger partial charge in [-0.3, -0.25) is 4.79 Å². The summed E-state index contributed by atoms with van der Waals surface area (Å²) in [5.41, 5.74) is 3.17. The zero-order chi connectivity index (χ0) is 18.8. The van der Waals surface area contributed by atoms with Gasteiger partial charge in [-0.25, -0.2) is 9.18 Å². The molecule has 0 saturated heterocycles. The van der Waals surface area contributed by atoms with Crippen LogP contribution >= 0.6 is 0 Å². The molecule has 0 fully saturated rings.